The number of carbonyl (C=O) groups excluding carboxylic acids is 1. The summed E-state index contributed by atoms with van der Waals surface area (Å²) < 4.78 is 61.4. The summed E-state index contributed by atoms with van der Waals surface area (Å²) in [6.07, 6.45) is 0. The molecule has 41 heavy (non-hydrogen) atoms. The maximum atomic E-state index is 13.5. The van der Waals surface area contributed by atoms with E-state index in [-0.39, 0.29) is 21.2 Å². The molecule has 1 amide bonds. The van der Waals surface area contributed by atoms with Gasteiger partial charge in [0.25, 0.3) is 20.0 Å². The molecule has 0 unspecified atom stereocenters. The summed E-state index contributed by atoms with van der Waals surface area (Å²) in [7, 11) is -6.64. The van der Waals surface area contributed by atoms with Crippen molar-refractivity contribution in [3.8, 4) is 5.75 Å². The molecule has 0 saturated carbocycles. The highest BCUT2D eigenvalue weighted by Gasteiger charge is 2.27. The number of sulfonamides is 2. The zero-order valence-corrected chi connectivity index (χ0v) is 25.0. The van der Waals surface area contributed by atoms with Crippen molar-refractivity contribution in [1.82, 2.24) is 0 Å². The number of hydrogen-bond acceptors (Lipinski definition) is 6. The van der Waals surface area contributed by atoms with Crippen molar-refractivity contribution < 1.29 is 26.4 Å². The highest BCUT2D eigenvalue weighted by Crippen LogP contribution is 2.28. The summed E-state index contributed by atoms with van der Waals surface area (Å²) in [4.78, 5) is 12.9. The predicted octanol–water partition coefficient (Wildman–Crippen LogP) is 5.95. The standard InChI is InChI=1S/C28H25Cl2N3O6S2/c1-19-26(30)4-3-5-27(19)32-40(35,36)24-14-8-21(9-15-24)31-28(34)18-33(22-10-6-20(29)7-11-22)41(37,38)25-16-12-23(39-2)13-17-25/h3-17,32H,18H2,1-2H3,(H,31,34). The van der Waals surface area contributed by atoms with E-state index < -0.39 is 32.5 Å². The molecular weight excluding hydrogens is 609 g/mol. The minimum Gasteiger partial charge on any atom is -0.497 e. The SMILES string of the molecule is COc1ccc(S(=O)(=O)N(CC(=O)Nc2ccc(S(=O)(=O)Nc3cccc(Cl)c3C)cc2)c2ccc(Cl)cc2)cc1. The number of methoxy groups -OCH3 is 1. The number of hydrogen-bond donors (Lipinski definition) is 2. The first-order valence-electron chi connectivity index (χ1n) is 12.0. The Bertz CT molecular complexity index is 1760. The molecule has 4 rings (SSSR count). The second-order valence-corrected chi connectivity index (χ2v) is 13.1. The van der Waals surface area contributed by atoms with E-state index in [1.54, 1.807) is 25.1 Å². The summed E-state index contributed by atoms with van der Waals surface area (Å²) in [5.74, 6) is -0.177. The van der Waals surface area contributed by atoms with Crippen LogP contribution in [0, 0.1) is 6.92 Å². The summed E-state index contributed by atoms with van der Waals surface area (Å²) in [5, 5.41) is 3.44. The molecule has 13 heteroatoms. The van der Waals surface area contributed by atoms with Gasteiger partial charge in [-0.1, -0.05) is 29.3 Å². The molecule has 4 aromatic rings. The topological polar surface area (TPSA) is 122 Å². The fourth-order valence-electron chi connectivity index (χ4n) is 3.77. The van der Waals surface area contributed by atoms with Gasteiger partial charge in [-0.2, -0.15) is 0 Å². The number of amides is 1. The van der Waals surface area contributed by atoms with Crippen LogP contribution in [0.4, 0.5) is 17.1 Å². The van der Waals surface area contributed by atoms with Crippen LogP contribution in [0.25, 0.3) is 0 Å². The molecule has 0 atom stereocenters. The van der Waals surface area contributed by atoms with Gasteiger partial charge in [0, 0.05) is 15.7 Å². The third-order valence-corrected chi connectivity index (χ3v) is 9.84. The van der Waals surface area contributed by atoms with E-state index in [2.05, 4.69) is 10.0 Å². The maximum absolute atomic E-state index is 13.5. The van der Waals surface area contributed by atoms with Crippen LogP contribution in [0.5, 0.6) is 5.75 Å². The van der Waals surface area contributed by atoms with Crippen LogP contribution < -0.4 is 19.1 Å². The van der Waals surface area contributed by atoms with Gasteiger partial charge in [0.1, 0.15) is 12.3 Å². The van der Waals surface area contributed by atoms with Gasteiger partial charge >= 0.3 is 0 Å². The molecule has 0 spiro atoms. The molecular formula is C28H25Cl2N3O6S2. The number of nitrogens with one attached hydrogen (secondary N) is 2. The highest BCUT2D eigenvalue weighted by molar-refractivity contribution is 7.93. The second kappa shape index (κ2) is 12.4. The molecule has 0 fully saturated rings. The lowest BCUT2D eigenvalue weighted by Crippen LogP contribution is -2.38. The lowest BCUT2D eigenvalue weighted by Gasteiger charge is -2.24. The summed E-state index contributed by atoms with van der Waals surface area (Å²) in [6, 6.07) is 22.1. The number of halogens is 2. The van der Waals surface area contributed by atoms with Crippen LogP contribution >= 0.6 is 23.2 Å². The van der Waals surface area contributed by atoms with Gasteiger partial charge in [-0.3, -0.25) is 13.8 Å². The smallest absolute Gasteiger partial charge is 0.264 e. The van der Waals surface area contributed by atoms with Gasteiger partial charge in [0.05, 0.1) is 28.3 Å². The van der Waals surface area contributed by atoms with Crippen molar-refractivity contribution in [3.05, 3.63) is 107 Å². The minimum atomic E-state index is -4.16. The van der Waals surface area contributed by atoms with Crippen molar-refractivity contribution in [2.45, 2.75) is 16.7 Å². The highest BCUT2D eigenvalue weighted by atomic mass is 35.5. The van der Waals surface area contributed by atoms with E-state index in [9.17, 15) is 21.6 Å². The molecule has 214 valence electrons. The molecule has 0 bridgehead atoms. The van der Waals surface area contributed by atoms with Gasteiger partial charge in [-0.15, -0.1) is 0 Å². The number of carbonyl (C=O) groups is 1. The molecule has 0 aromatic heterocycles. The Balaban J connectivity index is 1.53. The van der Waals surface area contributed by atoms with Gasteiger partial charge < -0.3 is 10.1 Å². The first kappa shape index (κ1) is 30.2. The first-order chi connectivity index (χ1) is 19.4. The Labute approximate surface area is 248 Å². The van der Waals surface area contributed by atoms with Crippen LogP contribution in [0.2, 0.25) is 10.0 Å². The molecule has 0 radical (unpaired) electrons. The lowest BCUT2D eigenvalue weighted by molar-refractivity contribution is -0.114. The fourth-order valence-corrected chi connectivity index (χ4v) is 6.61. The molecule has 0 aliphatic carbocycles. The maximum Gasteiger partial charge on any atom is 0.264 e. The van der Waals surface area contributed by atoms with Crippen molar-refractivity contribution in [2.75, 3.05) is 28.0 Å². The summed E-state index contributed by atoms with van der Waals surface area (Å²) >= 11 is 12.1. The monoisotopic (exact) mass is 633 g/mol. The third kappa shape index (κ3) is 7.12. The molecule has 0 aliphatic rings. The Kier molecular flexibility index (Phi) is 9.13. The Hall–Kier alpha value is -3.77. The number of benzene rings is 4. The Morgan fingerprint density at radius 3 is 2.05 bits per heavy atom. The van der Waals surface area contributed by atoms with Crippen molar-refractivity contribution >= 4 is 66.2 Å². The van der Waals surface area contributed by atoms with Crippen LogP contribution in [0.15, 0.2) is 101 Å². The largest absolute Gasteiger partial charge is 0.497 e. The van der Waals surface area contributed by atoms with E-state index in [0.29, 0.717) is 27.0 Å². The Morgan fingerprint density at radius 2 is 1.44 bits per heavy atom. The van der Waals surface area contributed by atoms with E-state index in [0.717, 1.165) is 4.31 Å². The zero-order chi connectivity index (χ0) is 29.8. The van der Waals surface area contributed by atoms with Crippen LogP contribution in [-0.4, -0.2) is 36.4 Å². The molecule has 2 N–H and O–H groups in total. The van der Waals surface area contributed by atoms with Gasteiger partial charge in [-0.05, 0) is 97.4 Å². The van der Waals surface area contributed by atoms with E-state index in [4.69, 9.17) is 27.9 Å². The number of anilines is 3. The number of nitrogens with zero attached hydrogens (tertiary/aromatic N) is 1. The molecule has 0 saturated heterocycles. The average Bonchev–Trinajstić information content (AvgIpc) is 2.95. The first-order valence-corrected chi connectivity index (χ1v) is 15.7. The number of rotatable bonds is 10. The van der Waals surface area contributed by atoms with E-state index in [1.165, 1.54) is 79.9 Å². The van der Waals surface area contributed by atoms with Crippen LogP contribution in [0.3, 0.4) is 0 Å². The normalized spacial score (nSPS) is 11.5. The number of ether oxygens (including phenoxy) is 1. The summed E-state index contributed by atoms with van der Waals surface area (Å²) in [6.45, 7) is 1.13. The van der Waals surface area contributed by atoms with Crippen LogP contribution in [0.1, 0.15) is 5.56 Å². The second-order valence-electron chi connectivity index (χ2n) is 8.75. The van der Waals surface area contributed by atoms with Gasteiger partial charge in [0.15, 0.2) is 0 Å². The average molecular weight is 635 g/mol. The van der Waals surface area contributed by atoms with Crippen molar-refractivity contribution in [1.29, 1.82) is 0 Å². The molecule has 4 aromatic carbocycles. The minimum absolute atomic E-state index is 0.0419. The molecule has 0 heterocycles. The summed E-state index contributed by atoms with van der Waals surface area (Å²) in [5.41, 5.74) is 1.42. The third-order valence-electron chi connectivity index (χ3n) is 6.01. The quantitative estimate of drug-likeness (QED) is 0.223. The lowest BCUT2D eigenvalue weighted by atomic mass is 10.2. The zero-order valence-electron chi connectivity index (χ0n) is 21.8. The van der Waals surface area contributed by atoms with E-state index >= 15 is 0 Å². The van der Waals surface area contributed by atoms with Gasteiger partial charge in [-0.25, -0.2) is 16.8 Å². The molecule has 9 nitrogen and oxygen atoms in total. The van der Waals surface area contributed by atoms with Crippen molar-refractivity contribution in [2.24, 2.45) is 0 Å². The molecule has 0 aliphatic heterocycles. The Morgan fingerprint density at radius 1 is 0.829 bits per heavy atom. The predicted molar refractivity (Wildman–Crippen MR) is 161 cm³/mol. The van der Waals surface area contributed by atoms with Gasteiger partial charge in [0.2, 0.25) is 5.91 Å². The fraction of sp³-hybridized carbons (Fsp3) is 0.107. The van der Waals surface area contributed by atoms with Crippen LogP contribution in [-0.2, 0) is 24.8 Å². The van der Waals surface area contributed by atoms with Crippen molar-refractivity contribution in [3.63, 3.8) is 0 Å². The van der Waals surface area contributed by atoms with E-state index in [1.807, 2.05) is 0 Å².